The van der Waals surface area contributed by atoms with E-state index in [1.54, 1.807) is 0 Å². The summed E-state index contributed by atoms with van der Waals surface area (Å²) in [4.78, 5) is 7.81. The van der Waals surface area contributed by atoms with Crippen molar-refractivity contribution in [2.75, 3.05) is 0 Å². The van der Waals surface area contributed by atoms with Crippen molar-refractivity contribution in [2.24, 2.45) is 11.8 Å². The second kappa shape index (κ2) is 5.68. The zero-order valence-corrected chi connectivity index (χ0v) is 13.2. The number of H-pyrrole nitrogens is 1. The topological polar surface area (TPSA) is 33.6 Å². The van der Waals surface area contributed by atoms with Gasteiger partial charge in [0.2, 0.25) is 0 Å². The molecular formula is C16H23N3S. The van der Waals surface area contributed by atoms with E-state index in [0.29, 0.717) is 0 Å². The van der Waals surface area contributed by atoms with Crippen LogP contribution in [-0.2, 0) is 6.54 Å². The summed E-state index contributed by atoms with van der Waals surface area (Å²) in [6, 6.07) is 2.03. The van der Waals surface area contributed by atoms with Gasteiger partial charge in [0.15, 0.2) is 10.4 Å². The van der Waals surface area contributed by atoms with Crippen molar-refractivity contribution in [2.45, 2.75) is 52.5 Å². The van der Waals surface area contributed by atoms with E-state index in [4.69, 9.17) is 12.2 Å². The molecule has 4 heteroatoms. The standard InChI is InChI=1S/C16H23N3S/c1-11-3-5-13(6-4-11)8-10-19-15-14(18-16(19)20)12(2)7-9-17-15/h7,9,11,13H,3-6,8,10H2,1-2H3,(H,18,20). The maximum absolute atomic E-state index is 5.47. The highest BCUT2D eigenvalue weighted by Gasteiger charge is 2.18. The van der Waals surface area contributed by atoms with Crippen molar-refractivity contribution in [1.82, 2.24) is 14.5 Å². The Hall–Kier alpha value is -1.16. The van der Waals surface area contributed by atoms with Crippen molar-refractivity contribution < 1.29 is 0 Å². The maximum Gasteiger partial charge on any atom is 0.179 e. The molecule has 2 aromatic heterocycles. The van der Waals surface area contributed by atoms with Crippen LogP contribution in [0.4, 0.5) is 0 Å². The van der Waals surface area contributed by atoms with Crippen LogP contribution >= 0.6 is 12.2 Å². The summed E-state index contributed by atoms with van der Waals surface area (Å²) in [6.07, 6.45) is 8.64. The molecule has 1 aliphatic carbocycles. The Bertz CT molecular complexity index is 647. The van der Waals surface area contributed by atoms with Gasteiger partial charge in [0.25, 0.3) is 0 Å². The van der Waals surface area contributed by atoms with Crippen LogP contribution < -0.4 is 0 Å². The van der Waals surface area contributed by atoms with Gasteiger partial charge in [-0.2, -0.15) is 0 Å². The highest BCUT2D eigenvalue weighted by Crippen LogP contribution is 2.31. The van der Waals surface area contributed by atoms with Gasteiger partial charge in [-0.25, -0.2) is 4.98 Å². The molecule has 0 aromatic carbocycles. The van der Waals surface area contributed by atoms with Gasteiger partial charge in [-0.1, -0.05) is 32.6 Å². The summed E-state index contributed by atoms with van der Waals surface area (Å²) < 4.78 is 2.99. The van der Waals surface area contributed by atoms with E-state index < -0.39 is 0 Å². The minimum Gasteiger partial charge on any atom is -0.329 e. The van der Waals surface area contributed by atoms with Crippen LogP contribution in [0, 0.1) is 23.5 Å². The van der Waals surface area contributed by atoms with Crippen LogP contribution in [0.15, 0.2) is 12.3 Å². The van der Waals surface area contributed by atoms with Crippen molar-refractivity contribution in [3.8, 4) is 0 Å². The van der Waals surface area contributed by atoms with Crippen LogP contribution in [0.1, 0.15) is 44.6 Å². The molecule has 0 amide bonds. The van der Waals surface area contributed by atoms with E-state index >= 15 is 0 Å². The molecule has 2 aromatic rings. The molecule has 1 aliphatic rings. The first kappa shape index (κ1) is 13.8. The van der Waals surface area contributed by atoms with Gasteiger partial charge in [0, 0.05) is 12.7 Å². The molecule has 108 valence electrons. The molecule has 1 N–H and O–H groups in total. The minimum atomic E-state index is 0.811. The number of hydrogen-bond acceptors (Lipinski definition) is 2. The third-order valence-corrected chi connectivity index (χ3v) is 5.09. The van der Waals surface area contributed by atoms with Crippen LogP contribution in [0.2, 0.25) is 0 Å². The fraction of sp³-hybridized carbons (Fsp3) is 0.625. The number of aryl methyl sites for hydroxylation is 2. The summed E-state index contributed by atoms with van der Waals surface area (Å²) in [7, 11) is 0. The Labute approximate surface area is 125 Å². The van der Waals surface area contributed by atoms with Gasteiger partial charge in [-0.15, -0.1) is 0 Å². The Balaban J connectivity index is 1.76. The SMILES string of the molecule is Cc1ccnc2c1[nH]c(=S)n2CCC1CCC(C)CC1. The number of rotatable bonds is 3. The molecule has 0 saturated heterocycles. The molecule has 0 radical (unpaired) electrons. The Morgan fingerprint density at radius 2 is 2.10 bits per heavy atom. The molecule has 3 nitrogen and oxygen atoms in total. The van der Waals surface area contributed by atoms with Gasteiger partial charge in [0.05, 0.1) is 5.52 Å². The number of fused-ring (bicyclic) bond motifs is 1. The molecule has 0 unspecified atom stereocenters. The van der Waals surface area contributed by atoms with Gasteiger partial charge in [0.1, 0.15) is 0 Å². The maximum atomic E-state index is 5.47. The average Bonchev–Trinajstić information content (AvgIpc) is 2.76. The molecule has 3 rings (SSSR count). The van der Waals surface area contributed by atoms with Crippen molar-refractivity contribution in [1.29, 1.82) is 0 Å². The lowest BCUT2D eigenvalue weighted by atomic mass is 9.81. The van der Waals surface area contributed by atoms with Gasteiger partial charge in [-0.05, 0) is 49.0 Å². The highest BCUT2D eigenvalue weighted by molar-refractivity contribution is 7.71. The van der Waals surface area contributed by atoms with E-state index in [2.05, 4.69) is 28.4 Å². The number of aromatic nitrogens is 3. The number of nitrogens with one attached hydrogen (secondary N) is 1. The lowest BCUT2D eigenvalue weighted by molar-refractivity contribution is 0.269. The van der Waals surface area contributed by atoms with E-state index in [0.717, 1.165) is 34.3 Å². The molecule has 0 bridgehead atoms. The van der Waals surface area contributed by atoms with Crippen LogP contribution in [0.5, 0.6) is 0 Å². The third-order valence-electron chi connectivity index (χ3n) is 4.77. The third kappa shape index (κ3) is 2.66. The quantitative estimate of drug-likeness (QED) is 0.837. The normalized spacial score (nSPS) is 23.3. The van der Waals surface area contributed by atoms with Gasteiger partial charge < -0.3 is 9.55 Å². The molecule has 2 heterocycles. The fourth-order valence-corrected chi connectivity index (χ4v) is 3.59. The second-order valence-corrected chi connectivity index (χ2v) is 6.71. The van der Waals surface area contributed by atoms with Gasteiger partial charge in [-0.3, -0.25) is 0 Å². The highest BCUT2D eigenvalue weighted by atomic mass is 32.1. The van der Waals surface area contributed by atoms with Gasteiger partial charge >= 0.3 is 0 Å². The van der Waals surface area contributed by atoms with E-state index in [9.17, 15) is 0 Å². The number of aromatic amines is 1. The lowest BCUT2D eigenvalue weighted by Crippen LogP contribution is -2.14. The summed E-state index contributed by atoms with van der Waals surface area (Å²) in [6.45, 7) is 5.47. The lowest BCUT2D eigenvalue weighted by Gasteiger charge is -2.26. The van der Waals surface area contributed by atoms with Crippen molar-refractivity contribution >= 4 is 23.4 Å². The second-order valence-electron chi connectivity index (χ2n) is 6.32. The first-order valence-corrected chi connectivity index (χ1v) is 8.10. The van der Waals surface area contributed by atoms with Crippen molar-refractivity contribution in [3.05, 3.63) is 22.6 Å². The molecule has 0 atom stereocenters. The van der Waals surface area contributed by atoms with Crippen LogP contribution in [0.3, 0.4) is 0 Å². The summed E-state index contributed by atoms with van der Waals surface area (Å²) in [5.74, 6) is 1.79. The monoisotopic (exact) mass is 289 g/mol. The van der Waals surface area contributed by atoms with Crippen LogP contribution in [0.25, 0.3) is 11.2 Å². The predicted octanol–water partition coefficient (Wildman–Crippen LogP) is 4.62. The van der Waals surface area contributed by atoms with E-state index in [-0.39, 0.29) is 0 Å². The summed E-state index contributed by atoms with van der Waals surface area (Å²) in [5.41, 5.74) is 3.32. The van der Waals surface area contributed by atoms with Crippen molar-refractivity contribution in [3.63, 3.8) is 0 Å². The summed E-state index contributed by atoms with van der Waals surface area (Å²) in [5, 5.41) is 0. The fourth-order valence-electron chi connectivity index (χ4n) is 3.31. The van der Waals surface area contributed by atoms with E-state index in [1.165, 1.54) is 37.7 Å². The average molecular weight is 289 g/mol. The number of nitrogens with zero attached hydrogens (tertiary/aromatic N) is 2. The Morgan fingerprint density at radius 3 is 2.85 bits per heavy atom. The largest absolute Gasteiger partial charge is 0.329 e. The molecule has 0 spiro atoms. The smallest absolute Gasteiger partial charge is 0.179 e. The number of hydrogen-bond donors (Lipinski definition) is 1. The molecule has 1 saturated carbocycles. The first-order chi connectivity index (χ1) is 9.65. The molecular weight excluding hydrogens is 266 g/mol. The zero-order chi connectivity index (χ0) is 14.1. The molecule has 0 aliphatic heterocycles. The molecule has 1 fully saturated rings. The van der Waals surface area contributed by atoms with E-state index in [1.807, 2.05) is 12.3 Å². The zero-order valence-electron chi connectivity index (χ0n) is 12.4. The minimum absolute atomic E-state index is 0.811. The Morgan fingerprint density at radius 1 is 1.35 bits per heavy atom. The number of imidazole rings is 1. The number of pyridine rings is 1. The first-order valence-electron chi connectivity index (χ1n) is 7.69. The predicted molar refractivity (Wildman–Crippen MR) is 85.4 cm³/mol. The summed E-state index contributed by atoms with van der Waals surface area (Å²) >= 11 is 5.47. The van der Waals surface area contributed by atoms with Crippen LogP contribution in [-0.4, -0.2) is 14.5 Å². The Kier molecular flexibility index (Phi) is 3.92. The molecule has 20 heavy (non-hydrogen) atoms.